The quantitative estimate of drug-likeness (QED) is 0.846. The van der Waals surface area contributed by atoms with Gasteiger partial charge in [0.15, 0.2) is 11.6 Å². The molecule has 2 aromatic carbocycles. The minimum Gasteiger partial charge on any atom is -0.453 e. The Bertz CT molecular complexity index is 680. The number of nitrogens with two attached hydrogens (primary N) is 1. The molecule has 0 saturated heterocycles. The molecule has 19 heavy (non-hydrogen) atoms. The molecule has 0 unspecified atom stereocenters. The maximum absolute atomic E-state index is 13.3. The van der Waals surface area contributed by atoms with Crippen molar-refractivity contribution in [3.8, 4) is 17.6 Å². The number of benzene rings is 2. The fourth-order valence-corrected chi connectivity index (χ4v) is 1.46. The van der Waals surface area contributed by atoms with Crippen LogP contribution in [0.25, 0.3) is 0 Å². The van der Waals surface area contributed by atoms with Gasteiger partial charge in [0.1, 0.15) is 34.7 Å². The van der Waals surface area contributed by atoms with Crippen LogP contribution in [0.15, 0.2) is 30.3 Å². The first-order chi connectivity index (χ1) is 9.02. The molecule has 0 aliphatic heterocycles. The highest BCUT2D eigenvalue weighted by molar-refractivity contribution is 5.56. The minimum atomic E-state index is -0.995. The maximum atomic E-state index is 13.3. The fourth-order valence-electron chi connectivity index (χ4n) is 1.46. The predicted molar refractivity (Wildman–Crippen MR) is 62.0 cm³/mol. The lowest BCUT2D eigenvalue weighted by Crippen LogP contribution is -1.98. The lowest BCUT2D eigenvalue weighted by molar-refractivity contribution is 0.465. The Kier molecular flexibility index (Phi) is 3.29. The summed E-state index contributed by atoms with van der Waals surface area (Å²) in [6, 6.07) is 6.72. The Morgan fingerprint density at radius 2 is 1.79 bits per heavy atom. The van der Waals surface area contributed by atoms with E-state index < -0.39 is 23.1 Å². The van der Waals surface area contributed by atoms with Crippen molar-refractivity contribution in [2.45, 2.75) is 0 Å². The third kappa shape index (κ3) is 2.45. The Labute approximate surface area is 106 Å². The first-order valence-corrected chi connectivity index (χ1v) is 5.14. The summed E-state index contributed by atoms with van der Waals surface area (Å²) < 4.78 is 44.7. The summed E-state index contributed by atoms with van der Waals surface area (Å²) in [5, 5.41) is 8.81. The van der Waals surface area contributed by atoms with Crippen LogP contribution in [0.2, 0.25) is 0 Å². The summed E-state index contributed by atoms with van der Waals surface area (Å²) in [5.74, 6) is -3.17. The first kappa shape index (κ1) is 12.8. The highest BCUT2D eigenvalue weighted by Crippen LogP contribution is 2.32. The third-order valence-corrected chi connectivity index (χ3v) is 2.36. The number of ether oxygens (including phenoxy) is 1. The van der Waals surface area contributed by atoms with E-state index in [1.54, 1.807) is 6.07 Å². The number of nitrogens with zero attached hydrogens (tertiary/aromatic N) is 1. The molecule has 2 N–H and O–H groups in total. The molecule has 0 aliphatic carbocycles. The van der Waals surface area contributed by atoms with E-state index in [0.29, 0.717) is 6.07 Å². The Hall–Kier alpha value is -2.68. The second-order valence-electron chi connectivity index (χ2n) is 3.63. The van der Waals surface area contributed by atoms with Gasteiger partial charge in [-0.05, 0) is 12.1 Å². The molecule has 3 nitrogen and oxygen atoms in total. The molecule has 0 aliphatic rings. The zero-order chi connectivity index (χ0) is 14.0. The summed E-state index contributed by atoms with van der Waals surface area (Å²) in [5.41, 5.74) is 4.59. The molecule has 0 aromatic heterocycles. The van der Waals surface area contributed by atoms with Crippen LogP contribution in [-0.2, 0) is 0 Å². The van der Waals surface area contributed by atoms with Crippen molar-refractivity contribution in [2.75, 3.05) is 5.73 Å². The number of halogens is 3. The molecule has 6 heteroatoms. The van der Waals surface area contributed by atoms with Crippen molar-refractivity contribution in [1.82, 2.24) is 0 Å². The van der Waals surface area contributed by atoms with Crippen molar-refractivity contribution < 1.29 is 17.9 Å². The standard InChI is InChI=1S/C13H7F3N2O/c14-7-4-10(16)13(18)12(5-7)19-11-3-1-2-9(15)8(11)6-17/h1-5H,18H2. The molecular formula is C13H7F3N2O. The van der Waals surface area contributed by atoms with Crippen LogP contribution in [0.4, 0.5) is 18.9 Å². The van der Waals surface area contributed by atoms with Gasteiger partial charge < -0.3 is 10.5 Å². The van der Waals surface area contributed by atoms with Crippen molar-refractivity contribution >= 4 is 5.69 Å². The molecule has 0 fully saturated rings. The first-order valence-electron chi connectivity index (χ1n) is 5.14. The lowest BCUT2D eigenvalue weighted by Gasteiger charge is -2.10. The Morgan fingerprint density at radius 3 is 2.47 bits per heavy atom. The molecule has 0 amide bonds. The van der Waals surface area contributed by atoms with E-state index in [0.717, 1.165) is 12.1 Å². The minimum absolute atomic E-state index is 0.167. The maximum Gasteiger partial charge on any atom is 0.156 e. The van der Waals surface area contributed by atoms with Crippen LogP contribution in [0.5, 0.6) is 11.5 Å². The zero-order valence-corrected chi connectivity index (χ0v) is 9.45. The SMILES string of the molecule is N#Cc1c(F)cccc1Oc1cc(F)cc(F)c1N. The molecule has 0 heterocycles. The van der Waals surface area contributed by atoms with Gasteiger partial charge in [-0.2, -0.15) is 5.26 Å². The molecule has 0 bridgehead atoms. The fraction of sp³-hybridized carbons (Fsp3) is 0. The molecule has 0 saturated carbocycles. The predicted octanol–water partition coefficient (Wildman–Crippen LogP) is 3.35. The Balaban J connectivity index is 2.48. The van der Waals surface area contributed by atoms with Crippen LogP contribution in [-0.4, -0.2) is 0 Å². The second kappa shape index (κ2) is 4.90. The summed E-state index contributed by atoms with van der Waals surface area (Å²) in [6.07, 6.45) is 0. The summed E-state index contributed by atoms with van der Waals surface area (Å²) in [4.78, 5) is 0. The number of nitriles is 1. The van der Waals surface area contributed by atoms with Crippen LogP contribution in [0.3, 0.4) is 0 Å². The van der Waals surface area contributed by atoms with Gasteiger partial charge in [0, 0.05) is 12.1 Å². The zero-order valence-electron chi connectivity index (χ0n) is 9.45. The molecule has 96 valence electrons. The van der Waals surface area contributed by atoms with E-state index >= 15 is 0 Å². The van der Waals surface area contributed by atoms with E-state index in [1.807, 2.05) is 0 Å². The van der Waals surface area contributed by atoms with Crippen LogP contribution < -0.4 is 10.5 Å². The smallest absolute Gasteiger partial charge is 0.156 e. The molecule has 0 spiro atoms. The monoisotopic (exact) mass is 264 g/mol. The molecule has 0 radical (unpaired) electrons. The van der Waals surface area contributed by atoms with Crippen molar-refractivity contribution in [3.63, 3.8) is 0 Å². The Morgan fingerprint density at radius 1 is 1.05 bits per heavy atom. The van der Waals surface area contributed by atoms with Gasteiger partial charge in [0.05, 0.1) is 0 Å². The van der Waals surface area contributed by atoms with Gasteiger partial charge >= 0.3 is 0 Å². The highest BCUT2D eigenvalue weighted by atomic mass is 19.1. The summed E-state index contributed by atoms with van der Waals surface area (Å²) >= 11 is 0. The van der Waals surface area contributed by atoms with Gasteiger partial charge in [-0.15, -0.1) is 0 Å². The summed E-state index contributed by atoms with van der Waals surface area (Å²) in [6.45, 7) is 0. The topological polar surface area (TPSA) is 59.0 Å². The third-order valence-electron chi connectivity index (χ3n) is 2.36. The van der Waals surface area contributed by atoms with Crippen LogP contribution in [0, 0.1) is 28.8 Å². The average Bonchev–Trinajstić information content (AvgIpc) is 2.35. The number of nitrogen functional groups attached to an aromatic ring is 1. The van der Waals surface area contributed by atoms with Crippen molar-refractivity contribution in [1.29, 1.82) is 5.26 Å². The van der Waals surface area contributed by atoms with E-state index in [9.17, 15) is 13.2 Å². The van der Waals surface area contributed by atoms with Crippen molar-refractivity contribution in [2.24, 2.45) is 0 Å². The lowest BCUT2D eigenvalue weighted by atomic mass is 10.2. The van der Waals surface area contributed by atoms with E-state index in [2.05, 4.69) is 0 Å². The highest BCUT2D eigenvalue weighted by Gasteiger charge is 2.14. The molecule has 2 aromatic rings. The largest absolute Gasteiger partial charge is 0.453 e. The molecule has 2 rings (SSSR count). The van der Waals surface area contributed by atoms with E-state index in [-0.39, 0.29) is 17.1 Å². The number of anilines is 1. The normalized spacial score (nSPS) is 10.0. The average molecular weight is 264 g/mol. The molecular weight excluding hydrogens is 257 g/mol. The van der Waals surface area contributed by atoms with Gasteiger partial charge in [0.25, 0.3) is 0 Å². The van der Waals surface area contributed by atoms with Crippen molar-refractivity contribution in [3.05, 3.63) is 53.3 Å². The van der Waals surface area contributed by atoms with Gasteiger partial charge in [-0.25, -0.2) is 13.2 Å². The summed E-state index contributed by atoms with van der Waals surface area (Å²) in [7, 11) is 0. The number of hydrogen-bond donors (Lipinski definition) is 1. The van der Waals surface area contributed by atoms with Gasteiger partial charge in [-0.3, -0.25) is 0 Å². The van der Waals surface area contributed by atoms with E-state index in [4.69, 9.17) is 15.7 Å². The van der Waals surface area contributed by atoms with E-state index in [1.165, 1.54) is 12.1 Å². The van der Waals surface area contributed by atoms with Gasteiger partial charge in [-0.1, -0.05) is 6.07 Å². The van der Waals surface area contributed by atoms with Crippen LogP contribution >= 0.6 is 0 Å². The number of rotatable bonds is 2. The van der Waals surface area contributed by atoms with Gasteiger partial charge in [0.2, 0.25) is 0 Å². The molecule has 0 atom stereocenters. The van der Waals surface area contributed by atoms with Crippen LogP contribution in [0.1, 0.15) is 5.56 Å². The number of hydrogen-bond acceptors (Lipinski definition) is 3. The second-order valence-corrected chi connectivity index (χ2v) is 3.63.